The third-order valence-corrected chi connectivity index (χ3v) is 4.68. The van der Waals surface area contributed by atoms with Crippen molar-refractivity contribution in [2.75, 3.05) is 25.5 Å². The second kappa shape index (κ2) is 9.74. The fourth-order valence-corrected chi connectivity index (χ4v) is 3.10. The second-order valence-corrected chi connectivity index (χ2v) is 7.11. The molecule has 3 rings (SSSR count). The highest BCUT2D eigenvalue weighted by Gasteiger charge is 2.13. The Morgan fingerprint density at radius 3 is 2.77 bits per heavy atom. The molecule has 0 aliphatic carbocycles. The molecule has 7 nitrogen and oxygen atoms in total. The summed E-state index contributed by atoms with van der Waals surface area (Å²) in [7, 11) is 1.59. The summed E-state index contributed by atoms with van der Waals surface area (Å²) in [5, 5.41) is 26.2. The number of nitriles is 1. The third kappa shape index (κ3) is 5.18. The first kappa shape index (κ1) is 21.8. The van der Waals surface area contributed by atoms with Crippen LogP contribution in [0.4, 0.5) is 5.69 Å². The maximum Gasteiger partial charge on any atom is 0.269 e. The lowest BCUT2D eigenvalue weighted by molar-refractivity contribution is 0.0919. The van der Waals surface area contributed by atoms with Gasteiger partial charge in [-0.2, -0.15) is 5.26 Å². The molecule has 0 spiro atoms. The van der Waals surface area contributed by atoms with Crippen LogP contribution in [0.25, 0.3) is 22.0 Å². The van der Waals surface area contributed by atoms with Gasteiger partial charge in [-0.25, -0.2) is 4.98 Å². The Morgan fingerprint density at radius 1 is 1.29 bits per heavy atom. The van der Waals surface area contributed by atoms with Crippen LogP contribution < -0.4 is 15.4 Å². The number of pyridine rings is 1. The summed E-state index contributed by atoms with van der Waals surface area (Å²) in [6.45, 7) is 5.77. The molecule has 31 heavy (non-hydrogen) atoms. The number of aliphatic hydroxyl groups excluding tert-OH is 1. The van der Waals surface area contributed by atoms with Crippen LogP contribution in [0, 0.1) is 11.3 Å². The summed E-state index contributed by atoms with van der Waals surface area (Å²) >= 11 is 0. The minimum Gasteiger partial charge on any atom is -0.495 e. The van der Waals surface area contributed by atoms with Gasteiger partial charge in [0.15, 0.2) is 0 Å². The normalized spacial score (nSPS) is 11.4. The number of aliphatic hydroxyl groups is 1. The first-order valence-electron chi connectivity index (χ1n) is 9.79. The van der Waals surface area contributed by atoms with Gasteiger partial charge in [0.2, 0.25) is 0 Å². The van der Waals surface area contributed by atoms with Gasteiger partial charge >= 0.3 is 0 Å². The third-order valence-electron chi connectivity index (χ3n) is 4.68. The van der Waals surface area contributed by atoms with E-state index in [1.165, 1.54) is 0 Å². The Hall–Kier alpha value is -3.89. The standard InChI is InChI=1S/C24H24N4O3/c1-15(12-25)13-26-23-19-11-18(8-7-17(19)9-10-22(23)31-3)20-5-4-6-21(28-20)24(30)27-14-16(2)29/h4-11,16,26,29H,1,13-14H2,2-3H3,(H,27,30)/t16-/m0/s1. The Morgan fingerprint density at radius 2 is 2.06 bits per heavy atom. The molecule has 1 atom stereocenters. The molecule has 0 fully saturated rings. The molecule has 0 bridgehead atoms. The van der Waals surface area contributed by atoms with Crippen molar-refractivity contribution in [3.8, 4) is 23.1 Å². The molecule has 1 heterocycles. The average Bonchev–Trinajstić information content (AvgIpc) is 2.80. The first-order valence-corrected chi connectivity index (χ1v) is 9.79. The molecule has 3 aromatic rings. The van der Waals surface area contributed by atoms with Crippen molar-refractivity contribution in [3.05, 3.63) is 66.4 Å². The van der Waals surface area contributed by atoms with Gasteiger partial charge in [0.1, 0.15) is 11.4 Å². The number of ether oxygens (including phenoxy) is 1. The zero-order chi connectivity index (χ0) is 22.4. The predicted octanol–water partition coefficient (Wildman–Crippen LogP) is 3.51. The van der Waals surface area contributed by atoms with Crippen molar-refractivity contribution in [2.45, 2.75) is 13.0 Å². The lowest BCUT2D eigenvalue weighted by Crippen LogP contribution is -2.31. The number of aromatic nitrogens is 1. The Labute approximate surface area is 181 Å². The summed E-state index contributed by atoms with van der Waals surface area (Å²) in [4.78, 5) is 16.8. The number of fused-ring (bicyclic) bond motifs is 1. The van der Waals surface area contributed by atoms with E-state index < -0.39 is 6.10 Å². The predicted molar refractivity (Wildman–Crippen MR) is 121 cm³/mol. The number of nitrogens with zero attached hydrogens (tertiary/aromatic N) is 2. The molecule has 2 aromatic carbocycles. The number of anilines is 1. The van der Waals surface area contributed by atoms with E-state index in [4.69, 9.17) is 10.00 Å². The number of rotatable bonds is 8. The van der Waals surface area contributed by atoms with Crippen LogP contribution in [-0.2, 0) is 0 Å². The zero-order valence-electron chi connectivity index (χ0n) is 17.5. The highest BCUT2D eigenvalue weighted by Crippen LogP contribution is 2.35. The van der Waals surface area contributed by atoms with Gasteiger partial charge in [-0.05, 0) is 36.6 Å². The van der Waals surface area contributed by atoms with Crippen LogP contribution in [0.5, 0.6) is 5.75 Å². The number of hydrogen-bond acceptors (Lipinski definition) is 6. The largest absolute Gasteiger partial charge is 0.495 e. The average molecular weight is 416 g/mol. The SMILES string of the molecule is C=C(C#N)CNc1c(OC)ccc2ccc(-c3cccc(C(=O)NC[C@H](C)O)n3)cc12. The van der Waals surface area contributed by atoms with Gasteiger partial charge in [-0.15, -0.1) is 0 Å². The number of nitrogens with one attached hydrogen (secondary N) is 2. The summed E-state index contributed by atoms with van der Waals surface area (Å²) in [5.74, 6) is 0.303. The smallest absolute Gasteiger partial charge is 0.269 e. The van der Waals surface area contributed by atoms with Crippen LogP contribution in [0.15, 0.2) is 60.7 Å². The van der Waals surface area contributed by atoms with Gasteiger partial charge < -0.3 is 20.5 Å². The second-order valence-electron chi connectivity index (χ2n) is 7.11. The van der Waals surface area contributed by atoms with E-state index in [0.29, 0.717) is 23.6 Å². The minimum atomic E-state index is -0.634. The molecule has 3 N–H and O–H groups in total. The molecule has 0 saturated carbocycles. The van der Waals surface area contributed by atoms with Crippen LogP contribution in [0.2, 0.25) is 0 Å². The number of hydrogen-bond donors (Lipinski definition) is 3. The molecule has 0 aliphatic heterocycles. The van der Waals surface area contributed by atoms with Crippen molar-refractivity contribution in [3.63, 3.8) is 0 Å². The van der Waals surface area contributed by atoms with E-state index in [9.17, 15) is 9.90 Å². The molecule has 7 heteroatoms. The van der Waals surface area contributed by atoms with Gasteiger partial charge in [0, 0.05) is 29.6 Å². The van der Waals surface area contributed by atoms with E-state index in [-0.39, 0.29) is 18.1 Å². The Bertz CT molecular complexity index is 1170. The number of carbonyl (C=O) groups excluding carboxylic acids is 1. The van der Waals surface area contributed by atoms with Crippen LogP contribution in [0.3, 0.4) is 0 Å². The molecule has 0 radical (unpaired) electrons. The molecular formula is C24H24N4O3. The van der Waals surface area contributed by atoms with Crippen LogP contribution in [0.1, 0.15) is 17.4 Å². The molecule has 158 valence electrons. The topological polar surface area (TPSA) is 107 Å². The number of benzene rings is 2. The highest BCUT2D eigenvalue weighted by atomic mass is 16.5. The number of methoxy groups -OCH3 is 1. The van der Waals surface area contributed by atoms with Gasteiger partial charge in [0.05, 0.1) is 30.7 Å². The molecule has 0 saturated heterocycles. The molecular weight excluding hydrogens is 392 g/mol. The van der Waals surface area contributed by atoms with Crippen molar-refractivity contribution >= 4 is 22.4 Å². The van der Waals surface area contributed by atoms with Crippen molar-refractivity contribution < 1.29 is 14.6 Å². The van der Waals surface area contributed by atoms with Gasteiger partial charge in [0.25, 0.3) is 5.91 Å². The summed E-state index contributed by atoms with van der Waals surface area (Å²) in [6, 6.07) is 17.0. The molecule has 0 aliphatic rings. The molecule has 1 amide bonds. The van der Waals surface area contributed by atoms with E-state index in [0.717, 1.165) is 22.0 Å². The zero-order valence-corrected chi connectivity index (χ0v) is 17.5. The quantitative estimate of drug-likeness (QED) is 0.485. The highest BCUT2D eigenvalue weighted by molar-refractivity contribution is 5.99. The van der Waals surface area contributed by atoms with Crippen molar-refractivity contribution in [1.29, 1.82) is 5.26 Å². The Kier molecular flexibility index (Phi) is 6.85. The minimum absolute atomic E-state index is 0.156. The fraction of sp³-hybridized carbons (Fsp3) is 0.208. The summed E-state index contributed by atoms with van der Waals surface area (Å²) in [5.41, 5.74) is 2.90. The van der Waals surface area contributed by atoms with Crippen LogP contribution in [-0.4, -0.2) is 42.3 Å². The van der Waals surface area contributed by atoms with Crippen molar-refractivity contribution in [1.82, 2.24) is 10.3 Å². The monoisotopic (exact) mass is 416 g/mol. The van der Waals surface area contributed by atoms with Gasteiger partial charge in [-0.3, -0.25) is 4.79 Å². The summed E-state index contributed by atoms with van der Waals surface area (Å²) in [6.07, 6.45) is -0.634. The van der Waals surface area contributed by atoms with E-state index in [2.05, 4.69) is 22.2 Å². The summed E-state index contributed by atoms with van der Waals surface area (Å²) < 4.78 is 5.50. The fourth-order valence-electron chi connectivity index (χ4n) is 3.10. The van der Waals surface area contributed by atoms with E-state index in [1.54, 1.807) is 26.2 Å². The number of amides is 1. The van der Waals surface area contributed by atoms with Gasteiger partial charge in [-0.1, -0.05) is 30.8 Å². The van der Waals surface area contributed by atoms with Crippen LogP contribution >= 0.6 is 0 Å². The number of carbonyl (C=O) groups is 1. The van der Waals surface area contributed by atoms with E-state index in [1.807, 2.05) is 42.5 Å². The van der Waals surface area contributed by atoms with E-state index >= 15 is 0 Å². The molecule has 0 unspecified atom stereocenters. The molecule has 1 aromatic heterocycles. The lowest BCUT2D eigenvalue weighted by atomic mass is 10.0. The maximum absolute atomic E-state index is 12.3. The first-order chi connectivity index (χ1) is 14.9. The Balaban J connectivity index is 2.00. The van der Waals surface area contributed by atoms with Crippen molar-refractivity contribution in [2.24, 2.45) is 0 Å². The maximum atomic E-state index is 12.3. The lowest BCUT2D eigenvalue weighted by Gasteiger charge is -2.15.